The molecule has 3 heterocycles. The zero-order chi connectivity index (χ0) is 20.8. The molecule has 1 unspecified atom stereocenters. The van der Waals surface area contributed by atoms with Crippen molar-refractivity contribution in [2.24, 2.45) is 5.92 Å². The van der Waals surface area contributed by atoms with E-state index in [4.69, 9.17) is 0 Å². The summed E-state index contributed by atoms with van der Waals surface area (Å²) in [6.07, 6.45) is 4.69. The Hall–Kier alpha value is -1.92. The number of hydrogen-bond acceptors (Lipinski definition) is 4. The summed E-state index contributed by atoms with van der Waals surface area (Å²) in [5, 5.41) is 8.40. The average molecular weight is 430 g/mol. The van der Waals surface area contributed by atoms with Gasteiger partial charge in [0.25, 0.3) is 5.91 Å². The summed E-state index contributed by atoms with van der Waals surface area (Å²) in [4.78, 5) is 19.0. The molecule has 6 heteroatoms. The fourth-order valence-corrected chi connectivity index (χ4v) is 4.91. The number of hydrogen-bond donors (Lipinski definition) is 1. The van der Waals surface area contributed by atoms with Gasteiger partial charge in [-0.2, -0.15) is 0 Å². The number of nitrogens with zero attached hydrogens (tertiary/aromatic N) is 2. The molecule has 1 N–H and O–H groups in total. The summed E-state index contributed by atoms with van der Waals surface area (Å²) in [7, 11) is 0. The Morgan fingerprint density at radius 3 is 2.72 bits per heavy atom. The van der Waals surface area contributed by atoms with Gasteiger partial charge < -0.3 is 9.88 Å². The molecule has 1 amide bonds. The van der Waals surface area contributed by atoms with Crippen molar-refractivity contribution < 1.29 is 4.79 Å². The van der Waals surface area contributed by atoms with Crippen LogP contribution in [0.15, 0.2) is 29.0 Å². The van der Waals surface area contributed by atoms with Gasteiger partial charge in [0, 0.05) is 22.5 Å². The maximum absolute atomic E-state index is 13.0. The van der Waals surface area contributed by atoms with Crippen LogP contribution in [0, 0.1) is 19.8 Å². The molecule has 1 atom stereocenters. The lowest BCUT2D eigenvalue weighted by molar-refractivity contribution is 0.0945. The first-order valence-corrected chi connectivity index (χ1v) is 12.2. The summed E-state index contributed by atoms with van der Waals surface area (Å²) in [5.74, 6) is 0.573. The minimum atomic E-state index is 0.0237. The maximum atomic E-state index is 13.0. The molecular weight excluding hydrogens is 398 g/mol. The number of carbonyl (C=O) groups is 1. The van der Waals surface area contributed by atoms with E-state index >= 15 is 0 Å². The largest absolute Gasteiger partial charge is 0.352 e. The van der Waals surface area contributed by atoms with Crippen LogP contribution >= 0.6 is 22.7 Å². The highest BCUT2D eigenvalue weighted by molar-refractivity contribution is 7.10. The van der Waals surface area contributed by atoms with Gasteiger partial charge in [0.15, 0.2) is 0 Å². The third kappa shape index (κ3) is 5.37. The number of aromatic nitrogens is 2. The molecule has 0 aliphatic carbocycles. The minimum Gasteiger partial charge on any atom is -0.352 e. The lowest BCUT2D eigenvalue weighted by Crippen LogP contribution is -2.29. The highest BCUT2D eigenvalue weighted by atomic mass is 32.1. The zero-order valence-corrected chi connectivity index (χ0v) is 19.5. The van der Waals surface area contributed by atoms with E-state index in [1.165, 1.54) is 24.1 Å². The van der Waals surface area contributed by atoms with Gasteiger partial charge in [0.1, 0.15) is 0 Å². The van der Waals surface area contributed by atoms with Gasteiger partial charge in [-0.25, -0.2) is 4.98 Å². The second-order valence-corrected chi connectivity index (χ2v) is 9.67. The number of amides is 1. The van der Waals surface area contributed by atoms with Crippen LogP contribution in [0.1, 0.15) is 65.5 Å². The molecule has 3 aromatic heterocycles. The van der Waals surface area contributed by atoms with E-state index in [0.29, 0.717) is 5.92 Å². The Kier molecular flexibility index (Phi) is 7.67. The first kappa shape index (κ1) is 21.8. The molecule has 0 aliphatic rings. The molecule has 0 aliphatic heterocycles. The van der Waals surface area contributed by atoms with Crippen molar-refractivity contribution in [1.82, 2.24) is 14.9 Å². The monoisotopic (exact) mass is 429 g/mol. The molecule has 156 valence electrons. The highest BCUT2D eigenvalue weighted by Gasteiger charge is 2.21. The predicted octanol–water partition coefficient (Wildman–Crippen LogP) is 6.28. The van der Waals surface area contributed by atoms with Crippen molar-refractivity contribution in [1.29, 1.82) is 0 Å². The van der Waals surface area contributed by atoms with E-state index in [-0.39, 0.29) is 5.91 Å². The Balaban J connectivity index is 1.84. The number of thiophene rings is 1. The van der Waals surface area contributed by atoms with Crippen molar-refractivity contribution >= 4 is 28.6 Å². The van der Waals surface area contributed by atoms with Crippen LogP contribution in [0.5, 0.6) is 0 Å². The van der Waals surface area contributed by atoms with Gasteiger partial charge in [-0.3, -0.25) is 4.79 Å². The van der Waals surface area contributed by atoms with E-state index in [0.717, 1.165) is 47.2 Å². The molecule has 0 saturated heterocycles. The van der Waals surface area contributed by atoms with Gasteiger partial charge in [-0.15, -0.1) is 22.7 Å². The molecule has 0 fully saturated rings. The first-order chi connectivity index (χ1) is 14.0. The normalized spacial score (nSPS) is 12.3. The third-order valence-corrected chi connectivity index (χ3v) is 7.12. The topological polar surface area (TPSA) is 46.9 Å². The number of unbranched alkanes of at least 4 members (excludes halogenated alkanes) is 1. The summed E-state index contributed by atoms with van der Waals surface area (Å²) in [5.41, 5.74) is 3.72. The average Bonchev–Trinajstić information content (AvgIpc) is 3.44. The standard InChI is InChI=1S/C23H31N3OS2/c1-5-7-9-18(6-2)13-24-23(27)20-12-22(21-15-29-17(4)25-21)26(16(20)3)14-19-10-8-11-28-19/h8,10-12,15,18H,5-7,9,13-14H2,1-4H3,(H,24,27). The molecule has 0 saturated carbocycles. The molecule has 0 radical (unpaired) electrons. The molecule has 4 nitrogen and oxygen atoms in total. The Morgan fingerprint density at radius 2 is 2.10 bits per heavy atom. The van der Waals surface area contributed by atoms with Crippen LogP contribution in [0.4, 0.5) is 0 Å². The predicted molar refractivity (Wildman–Crippen MR) is 124 cm³/mol. The fraction of sp³-hybridized carbons (Fsp3) is 0.478. The van der Waals surface area contributed by atoms with Crippen molar-refractivity contribution in [2.45, 2.75) is 59.9 Å². The lowest BCUT2D eigenvalue weighted by Gasteiger charge is -2.15. The third-order valence-electron chi connectivity index (χ3n) is 5.48. The van der Waals surface area contributed by atoms with E-state index in [9.17, 15) is 4.79 Å². The molecular formula is C23H31N3OS2. The Labute approximate surface area is 182 Å². The van der Waals surface area contributed by atoms with Gasteiger partial charge in [-0.05, 0) is 43.7 Å². The summed E-state index contributed by atoms with van der Waals surface area (Å²) in [6, 6.07) is 6.22. The van der Waals surface area contributed by atoms with E-state index in [2.05, 4.69) is 51.6 Å². The fourth-order valence-electron chi connectivity index (χ4n) is 3.61. The molecule has 3 aromatic rings. The van der Waals surface area contributed by atoms with Crippen molar-refractivity contribution in [3.63, 3.8) is 0 Å². The van der Waals surface area contributed by atoms with Crippen molar-refractivity contribution in [3.8, 4) is 11.4 Å². The number of thiazole rings is 1. The van der Waals surface area contributed by atoms with Gasteiger partial charge in [0.2, 0.25) is 0 Å². The molecule has 29 heavy (non-hydrogen) atoms. The van der Waals surface area contributed by atoms with Crippen LogP contribution in [-0.2, 0) is 6.54 Å². The van der Waals surface area contributed by atoms with Crippen LogP contribution in [-0.4, -0.2) is 22.0 Å². The van der Waals surface area contributed by atoms with E-state index in [1.807, 2.05) is 19.9 Å². The van der Waals surface area contributed by atoms with Gasteiger partial charge >= 0.3 is 0 Å². The van der Waals surface area contributed by atoms with Crippen molar-refractivity contribution in [3.05, 3.63) is 50.1 Å². The van der Waals surface area contributed by atoms with E-state index < -0.39 is 0 Å². The summed E-state index contributed by atoms with van der Waals surface area (Å²) in [6.45, 7) is 9.99. The second kappa shape index (κ2) is 10.2. The number of carbonyl (C=O) groups excluding carboxylic acids is 1. The summed E-state index contributed by atoms with van der Waals surface area (Å²) >= 11 is 3.38. The van der Waals surface area contributed by atoms with Gasteiger partial charge in [0.05, 0.1) is 28.5 Å². The molecule has 0 bridgehead atoms. The summed E-state index contributed by atoms with van der Waals surface area (Å²) < 4.78 is 2.23. The number of nitrogens with one attached hydrogen (secondary N) is 1. The van der Waals surface area contributed by atoms with Crippen LogP contribution in [0.2, 0.25) is 0 Å². The van der Waals surface area contributed by atoms with Crippen LogP contribution < -0.4 is 5.32 Å². The first-order valence-electron chi connectivity index (χ1n) is 10.5. The number of aryl methyl sites for hydroxylation is 1. The number of rotatable bonds is 10. The highest BCUT2D eigenvalue weighted by Crippen LogP contribution is 2.29. The quantitative estimate of drug-likeness (QED) is 0.412. The minimum absolute atomic E-state index is 0.0237. The van der Waals surface area contributed by atoms with Gasteiger partial charge in [-0.1, -0.05) is 39.2 Å². The van der Waals surface area contributed by atoms with E-state index in [1.54, 1.807) is 22.7 Å². The van der Waals surface area contributed by atoms with Crippen molar-refractivity contribution in [2.75, 3.05) is 6.54 Å². The SMILES string of the molecule is CCCCC(CC)CNC(=O)c1cc(-c2csc(C)n2)n(Cc2cccs2)c1C. The second-order valence-electron chi connectivity index (χ2n) is 7.57. The molecule has 0 spiro atoms. The zero-order valence-electron chi connectivity index (χ0n) is 17.8. The molecule has 0 aromatic carbocycles. The van der Waals surface area contributed by atoms with Crippen LogP contribution in [0.25, 0.3) is 11.4 Å². The maximum Gasteiger partial charge on any atom is 0.253 e. The lowest BCUT2D eigenvalue weighted by atomic mass is 9.99. The Bertz CT molecular complexity index is 924. The molecule has 3 rings (SSSR count). The van der Waals surface area contributed by atoms with Crippen LogP contribution in [0.3, 0.4) is 0 Å². The smallest absolute Gasteiger partial charge is 0.253 e. The Morgan fingerprint density at radius 1 is 1.28 bits per heavy atom.